The first kappa shape index (κ1) is 17.4. The van der Waals surface area contributed by atoms with E-state index in [1.807, 2.05) is 0 Å². The second-order valence-electron chi connectivity index (χ2n) is 4.91. The Labute approximate surface area is 146 Å². The van der Waals surface area contributed by atoms with Crippen LogP contribution in [0.3, 0.4) is 0 Å². The van der Waals surface area contributed by atoms with Crippen molar-refractivity contribution in [2.24, 2.45) is 0 Å². The maximum atomic E-state index is 14.3. The van der Waals surface area contributed by atoms with Crippen LogP contribution in [0.4, 0.5) is 23.2 Å². The zero-order chi connectivity index (χ0) is 18.5. The van der Waals surface area contributed by atoms with Gasteiger partial charge in [0.15, 0.2) is 0 Å². The summed E-state index contributed by atoms with van der Waals surface area (Å²) in [5.74, 6) is -0.984. The minimum absolute atomic E-state index is 0.211. The number of hydrogen-bond acceptors (Lipinski definition) is 3. The number of imidazole rings is 1. The molecule has 3 rings (SSSR count). The predicted octanol–water partition coefficient (Wildman–Crippen LogP) is 5.37. The first-order chi connectivity index (χ1) is 11.6. The molecule has 0 fully saturated rings. The maximum Gasteiger partial charge on any atom is 0.431 e. The van der Waals surface area contributed by atoms with Gasteiger partial charge in [0.1, 0.15) is 22.2 Å². The molecule has 0 unspecified atom stereocenters. The molecule has 130 valence electrons. The van der Waals surface area contributed by atoms with Crippen LogP contribution < -0.4 is 0 Å². The summed E-state index contributed by atoms with van der Waals surface area (Å²) in [6.07, 6.45) is -2.63. The first-order valence-electron chi connectivity index (χ1n) is 6.48. The Kier molecular flexibility index (Phi) is 4.08. The summed E-state index contributed by atoms with van der Waals surface area (Å²) < 4.78 is 54.4. The van der Waals surface area contributed by atoms with Gasteiger partial charge in [-0.25, -0.2) is 9.37 Å². The van der Waals surface area contributed by atoms with E-state index in [9.17, 15) is 27.7 Å². The van der Waals surface area contributed by atoms with E-state index in [4.69, 9.17) is 23.2 Å². The monoisotopic (exact) mass is 393 g/mol. The fraction of sp³-hybridized carbons (Fsp3) is 0.0714. The van der Waals surface area contributed by atoms with Gasteiger partial charge in [-0.3, -0.25) is 14.5 Å². The molecule has 2 heterocycles. The van der Waals surface area contributed by atoms with Crippen molar-refractivity contribution in [2.45, 2.75) is 6.18 Å². The summed E-state index contributed by atoms with van der Waals surface area (Å²) in [7, 11) is 0. The Morgan fingerprint density at radius 3 is 2.44 bits per heavy atom. The number of pyridine rings is 1. The smallest absolute Gasteiger partial charge is 0.295 e. The Bertz CT molecular complexity index is 1020. The number of nitro benzene ring substituents is 1. The summed E-state index contributed by atoms with van der Waals surface area (Å²) in [5.41, 5.74) is -2.62. The molecule has 0 spiro atoms. The molecule has 3 aromatic rings. The lowest BCUT2D eigenvalue weighted by molar-refractivity contribution is -0.384. The van der Waals surface area contributed by atoms with E-state index in [1.54, 1.807) is 0 Å². The Balaban J connectivity index is 2.39. The van der Waals surface area contributed by atoms with Gasteiger partial charge in [0.05, 0.1) is 9.95 Å². The first-order valence-corrected chi connectivity index (χ1v) is 7.23. The fourth-order valence-corrected chi connectivity index (χ4v) is 2.90. The van der Waals surface area contributed by atoms with E-state index in [2.05, 4.69) is 4.98 Å². The van der Waals surface area contributed by atoms with Gasteiger partial charge in [0, 0.05) is 35.7 Å². The zero-order valence-electron chi connectivity index (χ0n) is 11.8. The number of rotatable bonds is 2. The third-order valence-electron chi connectivity index (χ3n) is 3.42. The lowest BCUT2D eigenvalue weighted by Gasteiger charge is -2.14. The summed E-state index contributed by atoms with van der Waals surface area (Å²) >= 11 is 11.5. The average Bonchev–Trinajstić information content (AvgIpc) is 2.95. The number of nitro groups is 1. The van der Waals surface area contributed by atoms with Gasteiger partial charge in [-0.05, 0) is 6.07 Å². The van der Waals surface area contributed by atoms with Gasteiger partial charge in [0.2, 0.25) is 0 Å². The van der Waals surface area contributed by atoms with Crippen LogP contribution in [0, 0.1) is 15.9 Å². The number of aromatic nitrogens is 2. The second kappa shape index (κ2) is 5.85. The molecule has 0 N–H and O–H groups in total. The molecule has 0 bridgehead atoms. The van der Waals surface area contributed by atoms with Crippen LogP contribution in [0.5, 0.6) is 0 Å². The molecule has 0 amide bonds. The lowest BCUT2D eigenvalue weighted by Crippen LogP contribution is -2.12. The van der Waals surface area contributed by atoms with Crippen LogP contribution in [0.25, 0.3) is 16.8 Å². The highest BCUT2D eigenvalue weighted by Crippen LogP contribution is 2.41. The maximum absolute atomic E-state index is 14.3. The van der Waals surface area contributed by atoms with Crippen molar-refractivity contribution >= 4 is 34.5 Å². The van der Waals surface area contributed by atoms with E-state index >= 15 is 0 Å². The normalized spacial score (nSPS) is 11.9. The molecule has 0 aliphatic rings. The van der Waals surface area contributed by atoms with Gasteiger partial charge < -0.3 is 0 Å². The van der Waals surface area contributed by atoms with Crippen molar-refractivity contribution < 1.29 is 22.5 Å². The molecule has 0 saturated heterocycles. The van der Waals surface area contributed by atoms with Crippen LogP contribution in [0.1, 0.15) is 5.69 Å². The van der Waals surface area contributed by atoms with E-state index in [0.29, 0.717) is 16.5 Å². The van der Waals surface area contributed by atoms with Crippen LogP contribution in [0.2, 0.25) is 10.0 Å². The van der Waals surface area contributed by atoms with Crippen molar-refractivity contribution in [3.8, 4) is 11.1 Å². The number of halogens is 6. The predicted molar refractivity (Wildman–Crippen MR) is 82.3 cm³/mol. The molecule has 5 nitrogen and oxygen atoms in total. The number of fused-ring (bicyclic) bond motifs is 1. The topological polar surface area (TPSA) is 60.4 Å². The van der Waals surface area contributed by atoms with Gasteiger partial charge in [-0.1, -0.05) is 23.2 Å². The molecule has 0 aliphatic heterocycles. The molecule has 11 heteroatoms. The molecule has 25 heavy (non-hydrogen) atoms. The summed E-state index contributed by atoms with van der Waals surface area (Å²) in [6.45, 7) is 0. The van der Waals surface area contributed by atoms with Gasteiger partial charge in [0.25, 0.3) is 5.69 Å². The highest BCUT2D eigenvalue weighted by atomic mass is 35.5. The number of alkyl halides is 3. The van der Waals surface area contributed by atoms with E-state index < -0.39 is 38.3 Å². The van der Waals surface area contributed by atoms with E-state index in [1.165, 1.54) is 0 Å². The molecule has 1 aromatic carbocycles. The highest BCUT2D eigenvalue weighted by Gasteiger charge is 2.35. The Morgan fingerprint density at radius 2 is 1.84 bits per heavy atom. The Hall–Kier alpha value is -2.39. The number of benzene rings is 1. The quantitative estimate of drug-likeness (QED) is 0.333. The zero-order valence-corrected chi connectivity index (χ0v) is 13.3. The van der Waals surface area contributed by atoms with Crippen molar-refractivity contribution in [1.82, 2.24) is 9.38 Å². The Morgan fingerprint density at radius 1 is 1.16 bits per heavy atom. The third-order valence-corrected chi connectivity index (χ3v) is 4.02. The fourth-order valence-electron chi connectivity index (χ4n) is 2.39. The number of hydrogen-bond donors (Lipinski definition) is 0. The van der Waals surface area contributed by atoms with Crippen molar-refractivity contribution in [2.75, 3.05) is 0 Å². The third kappa shape index (κ3) is 2.89. The lowest BCUT2D eigenvalue weighted by atomic mass is 10.0. The summed E-state index contributed by atoms with van der Waals surface area (Å²) in [4.78, 5) is 13.9. The molecule has 0 aliphatic carbocycles. The summed E-state index contributed by atoms with van der Waals surface area (Å²) in [5, 5.41) is 10.1. The molecular weight excluding hydrogens is 389 g/mol. The minimum atomic E-state index is -4.73. The van der Waals surface area contributed by atoms with E-state index in [0.717, 1.165) is 18.5 Å². The SMILES string of the molecule is O=[N+]([O-])c1cc(-c2c(Cl)cc(C(F)(F)F)n3ccnc23)c(F)cc1Cl. The van der Waals surface area contributed by atoms with E-state index in [-0.39, 0.29) is 16.8 Å². The van der Waals surface area contributed by atoms with Crippen molar-refractivity contribution in [3.05, 3.63) is 62.3 Å². The van der Waals surface area contributed by atoms with Gasteiger partial charge >= 0.3 is 6.18 Å². The van der Waals surface area contributed by atoms with Crippen molar-refractivity contribution in [3.63, 3.8) is 0 Å². The second-order valence-corrected chi connectivity index (χ2v) is 5.73. The molecule has 0 atom stereocenters. The van der Waals surface area contributed by atoms with Crippen LogP contribution in [-0.2, 0) is 6.18 Å². The standard InChI is InChI=1S/C14H5Cl2F4N3O2/c15-7-4-9(17)6(3-10(7)23(24)25)12-8(16)5-11(14(18,19)20)22-2-1-21-13(12)22/h1-5H. The van der Waals surface area contributed by atoms with Crippen LogP contribution in [-0.4, -0.2) is 14.3 Å². The van der Waals surface area contributed by atoms with Gasteiger partial charge in [-0.15, -0.1) is 0 Å². The molecule has 2 aromatic heterocycles. The highest BCUT2D eigenvalue weighted by molar-refractivity contribution is 6.34. The van der Waals surface area contributed by atoms with Gasteiger partial charge in [-0.2, -0.15) is 13.2 Å². The number of nitrogens with zero attached hydrogens (tertiary/aromatic N) is 3. The van der Waals surface area contributed by atoms with Crippen LogP contribution in [0.15, 0.2) is 30.6 Å². The van der Waals surface area contributed by atoms with Crippen LogP contribution >= 0.6 is 23.2 Å². The largest absolute Gasteiger partial charge is 0.431 e. The molecule has 0 radical (unpaired) electrons. The minimum Gasteiger partial charge on any atom is -0.295 e. The van der Waals surface area contributed by atoms with Crippen molar-refractivity contribution in [1.29, 1.82) is 0 Å². The molecule has 0 saturated carbocycles. The average molecular weight is 394 g/mol. The summed E-state index contributed by atoms with van der Waals surface area (Å²) in [6, 6.07) is 2.11. The molecular formula is C14H5Cl2F4N3O2.